The highest BCUT2D eigenvalue weighted by molar-refractivity contribution is 5.35. The van der Waals surface area contributed by atoms with Crippen LogP contribution in [0.15, 0.2) is 42.6 Å². The van der Waals surface area contributed by atoms with Crippen LogP contribution in [0.4, 0.5) is 8.78 Å². The lowest BCUT2D eigenvalue weighted by atomic mass is 10.1. The van der Waals surface area contributed by atoms with Gasteiger partial charge in [-0.05, 0) is 25.1 Å². The second-order valence-electron chi connectivity index (χ2n) is 4.23. The van der Waals surface area contributed by atoms with Gasteiger partial charge in [0, 0.05) is 24.3 Å². The zero-order valence-corrected chi connectivity index (χ0v) is 11.0. The van der Waals surface area contributed by atoms with Crippen LogP contribution < -0.4 is 10.1 Å². The van der Waals surface area contributed by atoms with Gasteiger partial charge < -0.3 is 10.1 Å². The molecule has 1 aromatic carbocycles. The van der Waals surface area contributed by atoms with Gasteiger partial charge in [-0.1, -0.05) is 18.2 Å². The number of halogens is 2. The number of nitrogens with one attached hydrogen (secondary N) is 1. The lowest BCUT2D eigenvalue weighted by Gasteiger charge is -2.17. The van der Waals surface area contributed by atoms with Gasteiger partial charge in [0.25, 0.3) is 0 Å². The number of para-hydroxylation sites is 1. The maximum absolute atomic E-state index is 12.4. The van der Waals surface area contributed by atoms with Crippen molar-refractivity contribution in [2.24, 2.45) is 0 Å². The third-order valence-electron chi connectivity index (χ3n) is 2.82. The highest BCUT2D eigenvalue weighted by atomic mass is 19.3. The summed E-state index contributed by atoms with van der Waals surface area (Å²) in [7, 11) is 0. The zero-order valence-electron chi connectivity index (χ0n) is 11.0. The Morgan fingerprint density at radius 3 is 2.70 bits per heavy atom. The molecule has 0 amide bonds. The van der Waals surface area contributed by atoms with E-state index in [1.807, 2.05) is 13.0 Å². The molecule has 2 rings (SSSR count). The van der Waals surface area contributed by atoms with E-state index in [9.17, 15) is 8.78 Å². The zero-order chi connectivity index (χ0) is 14.4. The summed E-state index contributed by atoms with van der Waals surface area (Å²) >= 11 is 0. The Morgan fingerprint density at radius 2 is 2.00 bits per heavy atom. The molecule has 0 aliphatic rings. The topological polar surface area (TPSA) is 47.0 Å². The summed E-state index contributed by atoms with van der Waals surface area (Å²) in [6.45, 7) is -0.453. The third kappa shape index (κ3) is 3.96. The molecule has 1 unspecified atom stereocenters. The quantitative estimate of drug-likeness (QED) is 0.883. The third-order valence-corrected chi connectivity index (χ3v) is 2.82. The van der Waals surface area contributed by atoms with Crippen molar-refractivity contribution in [2.75, 3.05) is 0 Å². The van der Waals surface area contributed by atoms with E-state index in [1.54, 1.807) is 30.5 Å². The highest BCUT2D eigenvalue weighted by Crippen LogP contribution is 2.26. The molecule has 0 spiro atoms. The molecule has 1 heterocycles. The summed E-state index contributed by atoms with van der Waals surface area (Å²) in [4.78, 5) is 0. The van der Waals surface area contributed by atoms with Crippen LogP contribution in [0.2, 0.25) is 0 Å². The molecule has 1 N–H and O–H groups in total. The van der Waals surface area contributed by atoms with Crippen molar-refractivity contribution in [1.29, 1.82) is 0 Å². The van der Waals surface area contributed by atoms with Crippen molar-refractivity contribution in [2.45, 2.75) is 26.1 Å². The number of alkyl halides is 2. The molecule has 6 heteroatoms. The van der Waals surface area contributed by atoms with Crippen molar-refractivity contribution >= 4 is 0 Å². The molecule has 20 heavy (non-hydrogen) atoms. The van der Waals surface area contributed by atoms with Crippen LogP contribution >= 0.6 is 0 Å². The van der Waals surface area contributed by atoms with E-state index in [4.69, 9.17) is 0 Å². The molecule has 0 saturated heterocycles. The van der Waals surface area contributed by atoms with Gasteiger partial charge >= 0.3 is 6.61 Å². The van der Waals surface area contributed by atoms with E-state index in [0.29, 0.717) is 12.1 Å². The molecule has 0 bridgehead atoms. The van der Waals surface area contributed by atoms with Crippen LogP contribution in [0, 0.1) is 0 Å². The largest absolute Gasteiger partial charge is 0.434 e. The van der Waals surface area contributed by atoms with Gasteiger partial charge in [0.05, 0.1) is 5.69 Å². The Labute approximate surface area is 115 Å². The highest BCUT2D eigenvalue weighted by Gasteiger charge is 2.14. The normalized spacial score (nSPS) is 12.4. The predicted octanol–water partition coefficient (Wildman–Crippen LogP) is 2.93. The Balaban J connectivity index is 2.03. The minimum absolute atomic E-state index is 0.146. The average Bonchev–Trinajstić information content (AvgIpc) is 2.46. The minimum atomic E-state index is -2.83. The Kier molecular flexibility index (Phi) is 4.95. The number of benzene rings is 1. The predicted molar refractivity (Wildman–Crippen MR) is 70.4 cm³/mol. The fourth-order valence-corrected chi connectivity index (χ4v) is 1.84. The maximum atomic E-state index is 12.4. The SMILES string of the molecule is CC(NCc1cccnn1)c1ccccc1OC(F)F. The van der Waals surface area contributed by atoms with Crippen LogP contribution in [-0.4, -0.2) is 16.8 Å². The van der Waals surface area contributed by atoms with Crippen molar-refractivity contribution in [3.63, 3.8) is 0 Å². The fourth-order valence-electron chi connectivity index (χ4n) is 1.84. The number of nitrogens with zero attached hydrogens (tertiary/aromatic N) is 2. The first-order valence-electron chi connectivity index (χ1n) is 6.20. The molecule has 0 radical (unpaired) electrons. The summed E-state index contributed by atoms with van der Waals surface area (Å²) in [5.41, 5.74) is 1.46. The molecule has 2 aromatic rings. The van der Waals surface area contributed by atoms with Crippen molar-refractivity contribution in [1.82, 2.24) is 15.5 Å². The van der Waals surface area contributed by atoms with Crippen molar-refractivity contribution in [3.05, 3.63) is 53.9 Å². The van der Waals surface area contributed by atoms with Gasteiger partial charge in [-0.25, -0.2) is 0 Å². The first-order valence-corrected chi connectivity index (χ1v) is 6.20. The van der Waals surface area contributed by atoms with Crippen LogP contribution in [0.25, 0.3) is 0 Å². The van der Waals surface area contributed by atoms with E-state index in [1.165, 1.54) is 6.07 Å². The first-order chi connectivity index (χ1) is 9.66. The van der Waals surface area contributed by atoms with E-state index in [2.05, 4.69) is 20.3 Å². The van der Waals surface area contributed by atoms with E-state index >= 15 is 0 Å². The molecule has 106 valence electrons. The second-order valence-corrected chi connectivity index (χ2v) is 4.23. The van der Waals surface area contributed by atoms with Gasteiger partial charge in [0.2, 0.25) is 0 Å². The Hall–Kier alpha value is -2.08. The summed E-state index contributed by atoms with van der Waals surface area (Å²) in [6.07, 6.45) is 1.60. The summed E-state index contributed by atoms with van der Waals surface area (Å²) in [5, 5.41) is 10.9. The lowest BCUT2D eigenvalue weighted by molar-refractivity contribution is -0.0506. The second kappa shape index (κ2) is 6.91. The maximum Gasteiger partial charge on any atom is 0.387 e. The van der Waals surface area contributed by atoms with Gasteiger partial charge in [-0.15, -0.1) is 0 Å². The Bertz CT molecular complexity index is 537. The summed E-state index contributed by atoms with van der Waals surface area (Å²) in [6, 6.07) is 10.2. The number of aromatic nitrogens is 2. The molecule has 0 fully saturated rings. The van der Waals surface area contributed by atoms with E-state index in [-0.39, 0.29) is 11.8 Å². The first kappa shape index (κ1) is 14.3. The van der Waals surface area contributed by atoms with Crippen LogP contribution in [-0.2, 0) is 6.54 Å². The standard InChI is InChI=1S/C14H15F2N3O/c1-10(17-9-11-5-4-8-18-19-11)12-6-2-3-7-13(12)20-14(15)16/h2-8,10,14,17H,9H2,1H3. The van der Waals surface area contributed by atoms with E-state index < -0.39 is 6.61 Å². The minimum Gasteiger partial charge on any atom is -0.434 e. The van der Waals surface area contributed by atoms with Crippen molar-refractivity contribution < 1.29 is 13.5 Å². The molecule has 0 saturated carbocycles. The van der Waals surface area contributed by atoms with Crippen molar-refractivity contribution in [3.8, 4) is 5.75 Å². The van der Waals surface area contributed by atoms with Gasteiger partial charge in [-0.2, -0.15) is 19.0 Å². The van der Waals surface area contributed by atoms with Gasteiger partial charge in [0.1, 0.15) is 5.75 Å². The fraction of sp³-hybridized carbons (Fsp3) is 0.286. The molecular formula is C14H15F2N3O. The molecule has 1 atom stereocenters. The number of hydrogen-bond donors (Lipinski definition) is 1. The number of hydrogen-bond acceptors (Lipinski definition) is 4. The smallest absolute Gasteiger partial charge is 0.387 e. The molecule has 0 aliphatic carbocycles. The van der Waals surface area contributed by atoms with Crippen LogP contribution in [0.5, 0.6) is 5.75 Å². The molecule has 1 aromatic heterocycles. The number of ether oxygens (including phenoxy) is 1. The molecular weight excluding hydrogens is 264 g/mol. The monoisotopic (exact) mass is 279 g/mol. The summed E-state index contributed by atoms with van der Waals surface area (Å²) in [5.74, 6) is 0.182. The average molecular weight is 279 g/mol. The Morgan fingerprint density at radius 1 is 1.20 bits per heavy atom. The summed E-state index contributed by atoms with van der Waals surface area (Å²) < 4.78 is 29.2. The van der Waals surface area contributed by atoms with Gasteiger partial charge in [-0.3, -0.25) is 0 Å². The lowest BCUT2D eigenvalue weighted by Crippen LogP contribution is -2.20. The van der Waals surface area contributed by atoms with E-state index in [0.717, 1.165) is 5.69 Å². The van der Waals surface area contributed by atoms with Crippen LogP contribution in [0.3, 0.4) is 0 Å². The molecule has 0 aliphatic heterocycles. The number of rotatable bonds is 6. The van der Waals surface area contributed by atoms with Gasteiger partial charge in [0.15, 0.2) is 0 Å². The molecule has 4 nitrogen and oxygen atoms in total. The van der Waals surface area contributed by atoms with Crippen LogP contribution in [0.1, 0.15) is 24.2 Å².